The van der Waals surface area contributed by atoms with Crippen LogP contribution >= 0.6 is 11.6 Å². The van der Waals surface area contributed by atoms with E-state index in [0.29, 0.717) is 27.6 Å². The van der Waals surface area contributed by atoms with E-state index in [9.17, 15) is 9.90 Å². The number of fused-ring (bicyclic) bond motifs is 1. The highest BCUT2D eigenvalue weighted by molar-refractivity contribution is 6.36. The zero-order chi connectivity index (χ0) is 15.0. The largest absolute Gasteiger partial charge is 0.507 e. The smallest absolute Gasteiger partial charge is 0.256 e. The van der Waals surface area contributed by atoms with Crippen LogP contribution < -0.4 is 10.1 Å². The lowest BCUT2D eigenvalue weighted by molar-refractivity contribution is -0.110. The normalized spacial score (nSPS) is 15.0. The molecule has 2 N–H and O–H groups in total. The summed E-state index contributed by atoms with van der Waals surface area (Å²) in [6.45, 7) is 0. The van der Waals surface area contributed by atoms with Crippen LogP contribution in [0.2, 0.25) is 5.02 Å². The number of rotatable bonds is 2. The lowest BCUT2D eigenvalue weighted by Crippen LogP contribution is -2.03. The first kappa shape index (κ1) is 13.5. The van der Waals surface area contributed by atoms with Crippen molar-refractivity contribution in [3.05, 3.63) is 52.5 Å². The lowest BCUT2D eigenvalue weighted by atomic mass is 10.0. The van der Waals surface area contributed by atoms with Gasteiger partial charge in [-0.05, 0) is 42.5 Å². The van der Waals surface area contributed by atoms with Gasteiger partial charge in [0.2, 0.25) is 0 Å². The number of ether oxygens (including phenoxy) is 1. The second-order valence-electron chi connectivity index (χ2n) is 4.63. The molecule has 0 bridgehead atoms. The summed E-state index contributed by atoms with van der Waals surface area (Å²) in [6.07, 6.45) is 1.62. The molecule has 0 fully saturated rings. The molecule has 1 amide bonds. The maximum absolute atomic E-state index is 12.1. The van der Waals surface area contributed by atoms with E-state index < -0.39 is 0 Å². The number of hydrogen-bond donors (Lipinski definition) is 2. The number of benzene rings is 2. The Balaban J connectivity index is 2.13. The average Bonchev–Trinajstić information content (AvgIpc) is 2.77. The number of anilines is 1. The van der Waals surface area contributed by atoms with Crippen LogP contribution in [-0.4, -0.2) is 18.1 Å². The summed E-state index contributed by atoms with van der Waals surface area (Å²) in [6, 6.07) is 10.0. The lowest BCUT2D eigenvalue weighted by Gasteiger charge is -2.05. The molecule has 0 spiro atoms. The van der Waals surface area contributed by atoms with E-state index >= 15 is 0 Å². The Morgan fingerprint density at radius 1 is 1.24 bits per heavy atom. The van der Waals surface area contributed by atoms with E-state index in [1.807, 2.05) is 0 Å². The fourth-order valence-corrected chi connectivity index (χ4v) is 2.41. The highest BCUT2D eigenvalue weighted by Crippen LogP contribution is 2.36. The third-order valence-electron chi connectivity index (χ3n) is 3.30. The summed E-state index contributed by atoms with van der Waals surface area (Å²) < 4.78 is 5.13. The molecule has 21 heavy (non-hydrogen) atoms. The number of methoxy groups -OCH3 is 1. The number of phenols is 1. The van der Waals surface area contributed by atoms with Crippen LogP contribution in [0.3, 0.4) is 0 Å². The molecule has 106 valence electrons. The zero-order valence-electron chi connectivity index (χ0n) is 11.2. The Morgan fingerprint density at radius 3 is 2.81 bits per heavy atom. The van der Waals surface area contributed by atoms with Crippen molar-refractivity contribution in [2.45, 2.75) is 0 Å². The van der Waals surface area contributed by atoms with E-state index in [-0.39, 0.29) is 11.7 Å². The molecule has 0 radical (unpaired) electrons. The maximum Gasteiger partial charge on any atom is 0.256 e. The topological polar surface area (TPSA) is 58.6 Å². The predicted octanol–water partition coefficient (Wildman–Crippen LogP) is 3.55. The zero-order valence-corrected chi connectivity index (χ0v) is 11.9. The van der Waals surface area contributed by atoms with E-state index in [2.05, 4.69) is 5.32 Å². The van der Waals surface area contributed by atoms with Gasteiger partial charge in [0.15, 0.2) is 0 Å². The standard InChI is InChI=1S/C16H12ClNO3/c1-21-11-3-5-15(19)9(6-11)7-13-12-8-10(17)2-4-14(12)18-16(13)20/h2-8,19H,1H3,(H,18,20)/b13-7+. The Morgan fingerprint density at radius 2 is 2.05 bits per heavy atom. The molecular formula is C16H12ClNO3. The first-order chi connectivity index (χ1) is 10.1. The van der Waals surface area contributed by atoms with E-state index in [1.165, 1.54) is 6.07 Å². The summed E-state index contributed by atoms with van der Waals surface area (Å²) in [7, 11) is 1.54. The molecule has 1 heterocycles. The molecule has 0 atom stereocenters. The molecule has 1 aliphatic rings. The van der Waals surface area contributed by atoms with Crippen molar-refractivity contribution >= 4 is 34.8 Å². The monoisotopic (exact) mass is 301 g/mol. The number of carbonyl (C=O) groups is 1. The van der Waals surface area contributed by atoms with Gasteiger partial charge in [-0.25, -0.2) is 0 Å². The third-order valence-corrected chi connectivity index (χ3v) is 3.53. The Labute approximate surface area is 126 Å². The van der Waals surface area contributed by atoms with E-state index in [1.54, 1.807) is 43.5 Å². The number of halogens is 1. The second-order valence-corrected chi connectivity index (χ2v) is 5.06. The van der Waals surface area contributed by atoms with Gasteiger partial charge in [-0.15, -0.1) is 0 Å². The highest BCUT2D eigenvalue weighted by atomic mass is 35.5. The number of carbonyl (C=O) groups excluding carboxylic acids is 1. The van der Waals surface area contributed by atoms with Gasteiger partial charge in [-0.2, -0.15) is 0 Å². The molecule has 2 aromatic carbocycles. The maximum atomic E-state index is 12.1. The Kier molecular flexibility index (Phi) is 3.31. The molecule has 0 unspecified atom stereocenters. The third kappa shape index (κ3) is 2.45. The second kappa shape index (κ2) is 5.14. The molecule has 0 saturated carbocycles. The quantitative estimate of drug-likeness (QED) is 0.834. The summed E-state index contributed by atoms with van der Waals surface area (Å²) in [5, 5.41) is 13.2. The van der Waals surface area contributed by atoms with Crippen molar-refractivity contribution in [1.29, 1.82) is 0 Å². The average molecular weight is 302 g/mol. The van der Waals surface area contributed by atoms with Crippen LogP contribution in [0.4, 0.5) is 5.69 Å². The van der Waals surface area contributed by atoms with Crippen molar-refractivity contribution in [3.8, 4) is 11.5 Å². The number of nitrogens with one attached hydrogen (secondary N) is 1. The van der Waals surface area contributed by atoms with Crippen LogP contribution in [0.25, 0.3) is 11.6 Å². The molecule has 0 aromatic heterocycles. The first-order valence-electron chi connectivity index (χ1n) is 6.28. The van der Waals surface area contributed by atoms with Crippen LogP contribution in [0.15, 0.2) is 36.4 Å². The van der Waals surface area contributed by atoms with E-state index in [4.69, 9.17) is 16.3 Å². The predicted molar refractivity (Wildman–Crippen MR) is 82.6 cm³/mol. The van der Waals surface area contributed by atoms with Gasteiger partial charge in [-0.1, -0.05) is 11.6 Å². The molecule has 0 saturated heterocycles. The summed E-state index contributed by atoms with van der Waals surface area (Å²) in [5.74, 6) is 0.449. The molecular weight excluding hydrogens is 290 g/mol. The molecule has 1 aliphatic heterocycles. The Hall–Kier alpha value is -2.46. The van der Waals surface area contributed by atoms with E-state index in [0.717, 1.165) is 5.56 Å². The van der Waals surface area contributed by atoms with Gasteiger partial charge < -0.3 is 15.2 Å². The minimum atomic E-state index is -0.227. The molecule has 0 aliphatic carbocycles. The van der Waals surface area contributed by atoms with Gasteiger partial charge in [0, 0.05) is 27.4 Å². The molecule has 4 nitrogen and oxygen atoms in total. The van der Waals surface area contributed by atoms with Crippen molar-refractivity contribution in [2.24, 2.45) is 0 Å². The molecule has 2 aromatic rings. The number of hydrogen-bond acceptors (Lipinski definition) is 3. The van der Waals surface area contributed by atoms with Gasteiger partial charge in [0.05, 0.1) is 7.11 Å². The fraction of sp³-hybridized carbons (Fsp3) is 0.0625. The Bertz CT molecular complexity index is 768. The molecule has 3 rings (SSSR count). The van der Waals surface area contributed by atoms with Crippen molar-refractivity contribution in [1.82, 2.24) is 0 Å². The van der Waals surface area contributed by atoms with Crippen molar-refractivity contribution < 1.29 is 14.6 Å². The number of aromatic hydroxyl groups is 1. The van der Waals surface area contributed by atoms with Crippen molar-refractivity contribution in [3.63, 3.8) is 0 Å². The summed E-state index contributed by atoms with van der Waals surface area (Å²) >= 11 is 5.98. The fourth-order valence-electron chi connectivity index (χ4n) is 2.23. The summed E-state index contributed by atoms with van der Waals surface area (Å²) in [5.41, 5.74) is 2.39. The summed E-state index contributed by atoms with van der Waals surface area (Å²) in [4.78, 5) is 12.1. The van der Waals surface area contributed by atoms with Gasteiger partial charge >= 0.3 is 0 Å². The van der Waals surface area contributed by atoms with Gasteiger partial charge in [-0.3, -0.25) is 4.79 Å². The molecule has 5 heteroatoms. The first-order valence-corrected chi connectivity index (χ1v) is 6.66. The minimum absolute atomic E-state index is 0.0755. The van der Waals surface area contributed by atoms with Crippen LogP contribution in [0.1, 0.15) is 11.1 Å². The minimum Gasteiger partial charge on any atom is -0.507 e. The van der Waals surface area contributed by atoms with Crippen molar-refractivity contribution in [2.75, 3.05) is 12.4 Å². The number of phenolic OH excluding ortho intramolecular Hbond substituents is 1. The van der Waals surface area contributed by atoms with Crippen LogP contribution in [0, 0.1) is 0 Å². The number of amides is 1. The SMILES string of the molecule is COc1ccc(O)c(/C=C2/C(=O)Nc3ccc(Cl)cc32)c1. The van der Waals surface area contributed by atoms with Crippen LogP contribution in [-0.2, 0) is 4.79 Å². The van der Waals surface area contributed by atoms with Gasteiger partial charge in [0.1, 0.15) is 11.5 Å². The van der Waals surface area contributed by atoms with Gasteiger partial charge in [0.25, 0.3) is 5.91 Å². The van der Waals surface area contributed by atoms with Crippen LogP contribution in [0.5, 0.6) is 11.5 Å². The highest BCUT2D eigenvalue weighted by Gasteiger charge is 2.24.